The highest BCUT2D eigenvalue weighted by molar-refractivity contribution is 5.74. The summed E-state index contributed by atoms with van der Waals surface area (Å²) in [6.07, 6.45) is 0. The molecule has 23 heavy (non-hydrogen) atoms. The van der Waals surface area contributed by atoms with E-state index in [0.29, 0.717) is 13.2 Å². The number of ether oxygens (including phenoxy) is 1. The fraction of sp³-hybridized carbons (Fsp3) is 0.588. The predicted molar refractivity (Wildman–Crippen MR) is 91.5 cm³/mol. The number of urea groups is 1. The van der Waals surface area contributed by atoms with Gasteiger partial charge in [0.25, 0.3) is 0 Å². The Morgan fingerprint density at radius 3 is 2.57 bits per heavy atom. The quantitative estimate of drug-likeness (QED) is 0.734. The van der Waals surface area contributed by atoms with Crippen molar-refractivity contribution < 1.29 is 9.53 Å². The monoisotopic (exact) mass is 320 g/mol. The van der Waals surface area contributed by atoms with Crippen LogP contribution in [0.1, 0.15) is 11.6 Å². The molecule has 1 aliphatic heterocycles. The van der Waals surface area contributed by atoms with Crippen LogP contribution in [0.25, 0.3) is 0 Å². The molecule has 1 atom stereocenters. The first-order valence-corrected chi connectivity index (χ1v) is 8.18. The van der Waals surface area contributed by atoms with Crippen molar-refractivity contribution in [2.24, 2.45) is 0 Å². The average Bonchev–Trinajstić information content (AvgIpc) is 2.57. The topological polar surface area (TPSA) is 56.8 Å². The summed E-state index contributed by atoms with van der Waals surface area (Å²) in [5.74, 6) is 0. The van der Waals surface area contributed by atoms with Crippen molar-refractivity contribution in [3.05, 3.63) is 35.9 Å². The molecule has 0 radical (unpaired) electrons. The number of nitrogens with one attached hydrogen (secondary N) is 2. The molecule has 0 unspecified atom stereocenters. The Hall–Kier alpha value is -1.63. The number of hydrogen-bond acceptors (Lipinski definition) is 4. The fourth-order valence-electron chi connectivity index (χ4n) is 2.68. The van der Waals surface area contributed by atoms with Crippen molar-refractivity contribution in [1.29, 1.82) is 0 Å². The molecule has 0 spiro atoms. The number of likely N-dealkylation sites (N-methyl/N-ethyl adjacent to an activating group) is 1. The van der Waals surface area contributed by atoms with Gasteiger partial charge in [0.05, 0.1) is 12.6 Å². The lowest BCUT2D eigenvalue weighted by Gasteiger charge is -2.35. The Kier molecular flexibility index (Phi) is 7.32. The number of nitrogens with zero attached hydrogens (tertiary/aromatic N) is 2. The molecule has 6 heteroatoms. The summed E-state index contributed by atoms with van der Waals surface area (Å²) >= 11 is 0. The molecule has 0 saturated carbocycles. The van der Waals surface area contributed by atoms with Crippen LogP contribution in [0.5, 0.6) is 0 Å². The highest BCUT2D eigenvalue weighted by Gasteiger charge is 2.21. The van der Waals surface area contributed by atoms with Crippen LogP contribution in [0.3, 0.4) is 0 Å². The molecule has 2 amide bonds. The Balaban J connectivity index is 1.93. The predicted octanol–water partition coefficient (Wildman–Crippen LogP) is 0.921. The van der Waals surface area contributed by atoms with Crippen LogP contribution in [-0.4, -0.2) is 75.9 Å². The number of rotatable bonds is 7. The van der Waals surface area contributed by atoms with E-state index < -0.39 is 0 Å². The maximum atomic E-state index is 12.1. The van der Waals surface area contributed by atoms with Gasteiger partial charge in [-0.25, -0.2) is 4.79 Å². The Labute approximate surface area is 138 Å². The van der Waals surface area contributed by atoms with Crippen LogP contribution in [0, 0.1) is 0 Å². The molecule has 1 fully saturated rings. The summed E-state index contributed by atoms with van der Waals surface area (Å²) in [4.78, 5) is 16.8. The van der Waals surface area contributed by atoms with E-state index in [1.54, 1.807) is 7.11 Å². The number of piperazine rings is 1. The number of benzene rings is 1. The van der Waals surface area contributed by atoms with Crippen LogP contribution in [-0.2, 0) is 4.74 Å². The molecule has 0 aliphatic carbocycles. The van der Waals surface area contributed by atoms with Gasteiger partial charge < -0.3 is 20.3 Å². The Morgan fingerprint density at radius 2 is 1.91 bits per heavy atom. The lowest BCUT2D eigenvalue weighted by atomic mass is 10.1. The summed E-state index contributed by atoms with van der Waals surface area (Å²) in [5.41, 5.74) is 1.13. The molecule has 1 aromatic carbocycles. The first-order valence-electron chi connectivity index (χ1n) is 8.18. The lowest BCUT2D eigenvalue weighted by Crippen LogP contribution is -2.49. The van der Waals surface area contributed by atoms with E-state index >= 15 is 0 Å². The van der Waals surface area contributed by atoms with Gasteiger partial charge >= 0.3 is 6.03 Å². The van der Waals surface area contributed by atoms with Crippen LogP contribution >= 0.6 is 0 Å². The van der Waals surface area contributed by atoms with Gasteiger partial charge in [-0.3, -0.25) is 4.90 Å². The molecule has 0 aromatic heterocycles. The molecule has 1 aliphatic rings. The second kappa shape index (κ2) is 9.50. The number of carbonyl (C=O) groups excluding carboxylic acids is 1. The smallest absolute Gasteiger partial charge is 0.315 e. The van der Waals surface area contributed by atoms with Gasteiger partial charge in [-0.05, 0) is 12.6 Å². The standard InChI is InChI=1S/C17H28N4O2/c1-20-9-11-21(12-10-20)14-16(15-6-4-3-5-7-15)19-17(22)18-8-13-23-2/h3-7,16H,8-14H2,1-2H3,(H2,18,19,22)/t16-/m0/s1. The van der Waals surface area contributed by atoms with Crippen molar-refractivity contribution in [2.45, 2.75) is 6.04 Å². The molecular formula is C17H28N4O2. The summed E-state index contributed by atoms with van der Waals surface area (Å²) in [7, 11) is 3.77. The third-order valence-corrected chi connectivity index (χ3v) is 4.14. The lowest BCUT2D eigenvalue weighted by molar-refractivity contribution is 0.142. The summed E-state index contributed by atoms with van der Waals surface area (Å²) in [5, 5.41) is 5.92. The maximum Gasteiger partial charge on any atom is 0.315 e. The number of amides is 2. The molecule has 1 heterocycles. The van der Waals surface area contributed by atoms with Gasteiger partial charge in [0.2, 0.25) is 0 Å². The first kappa shape index (κ1) is 17.7. The van der Waals surface area contributed by atoms with E-state index in [9.17, 15) is 4.79 Å². The molecular weight excluding hydrogens is 292 g/mol. The summed E-state index contributed by atoms with van der Waals surface area (Å²) < 4.78 is 4.96. The number of hydrogen-bond donors (Lipinski definition) is 2. The zero-order valence-corrected chi connectivity index (χ0v) is 14.1. The molecule has 6 nitrogen and oxygen atoms in total. The molecule has 1 saturated heterocycles. The number of carbonyl (C=O) groups is 1. The van der Waals surface area contributed by atoms with Gasteiger partial charge in [0.1, 0.15) is 0 Å². The molecule has 2 N–H and O–H groups in total. The first-order chi connectivity index (χ1) is 11.2. The van der Waals surface area contributed by atoms with Gasteiger partial charge in [-0.2, -0.15) is 0 Å². The minimum absolute atomic E-state index is 0.0119. The third-order valence-electron chi connectivity index (χ3n) is 4.14. The highest BCUT2D eigenvalue weighted by atomic mass is 16.5. The van der Waals surface area contributed by atoms with Crippen LogP contribution in [0.4, 0.5) is 4.79 Å². The van der Waals surface area contributed by atoms with Crippen molar-refractivity contribution in [3.8, 4) is 0 Å². The van der Waals surface area contributed by atoms with Crippen molar-refractivity contribution in [1.82, 2.24) is 20.4 Å². The van der Waals surface area contributed by atoms with E-state index in [4.69, 9.17) is 4.74 Å². The van der Waals surface area contributed by atoms with Crippen molar-refractivity contribution in [3.63, 3.8) is 0 Å². The normalized spacial score (nSPS) is 17.7. The minimum atomic E-state index is -0.148. The average molecular weight is 320 g/mol. The minimum Gasteiger partial charge on any atom is -0.383 e. The highest BCUT2D eigenvalue weighted by Crippen LogP contribution is 2.15. The van der Waals surface area contributed by atoms with Crippen LogP contribution < -0.4 is 10.6 Å². The Bertz CT molecular complexity index is 461. The molecule has 2 rings (SSSR count). The second-order valence-electron chi connectivity index (χ2n) is 5.96. The third kappa shape index (κ3) is 6.17. The van der Waals surface area contributed by atoms with Gasteiger partial charge in [-0.1, -0.05) is 30.3 Å². The number of methoxy groups -OCH3 is 1. The van der Waals surface area contributed by atoms with Gasteiger partial charge in [0, 0.05) is 46.4 Å². The molecule has 128 valence electrons. The van der Waals surface area contributed by atoms with E-state index in [1.165, 1.54) is 0 Å². The summed E-state index contributed by atoms with van der Waals surface area (Å²) in [6, 6.07) is 9.99. The van der Waals surface area contributed by atoms with Crippen LogP contribution in [0.2, 0.25) is 0 Å². The van der Waals surface area contributed by atoms with E-state index in [1.807, 2.05) is 18.2 Å². The van der Waals surface area contributed by atoms with E-state index in [0.717, 1.165) is 38.3 Å². The second-order valence-corrected chi connectivity index (χ2v) is 5.96. The zero-order chi connectivity index (χ0) is 16.5. The Morgan fingerprint density at radius 1 is 1.22 bits per heavy atom. The largest absolute Gasteiger partial charge is 0.383 e. The van der Waals surface area contributed by atoms with Crippen molar-refractivity contribution >= 4 is 6.03 Å². The SMILES string of the molecule is COCCNC(=O)N[C@@H](CN1CCN(C)CC1)c1ccccc1. The summed E-state index contributed by atoms with van der Waals surface area (Å²) in [6.45, 7) is 6.07. The van der Waals surface area contributed by atoms with E-state index in [-0.39, 0.29) is 12.1 Å². The van der Waals surface area contributed by atoms with Crippen molar-refractivity contribution in [2.75, 3.05) is 60.0 Å². The molecule has 0 bridgehead atoms. The molecule has 1 aromatic rings. The van der Waals surface area contributed by atoms with E-state index in [2.05, 4.69) is 39.6 Å². The zero-order valence-electron chi connectivity index (χ0n) is 14.1. The maximum absolute atomic E-state index is 12.1. The fourth-order valence-corrected chi connectivity index (χ4v) is 2.68. The van der Waals surface area contributed by atoms with Crippen LogP contribution in [0.15, 0.2) is 30.3 Å². The van der Waals surface area contributed by atoms with Gasteiger partial charge in [-0.15, -0.1) is 0 Å². The van der Waals surface area contributed by atoms with Gasteiger partial charge in [0.15, 0.2) is 0 Å².